The van der Waals surface area contributed by atoms with E-state index >= 15 is 0 Å². The Balaban J connectivity index is 4.38. The number of ether oxygens (including phenoxy) is 3. The third-order valence-corrected chi connectivity index (χ3v) is 14.8. The maximum absolute atomic E-state index is 12.9. The van der Waals surface area contributed by atoms with E-state index in [4.69, 9.17) is 14.2 Å². The Bertz CT molecular complexity index is 1620. The van der Waals surface area contributed by atoms with Crippen LogP contribution in [0.3, 0.4) is 0 Å². The number of esters is 3. The highest BCUT2D eigenvalue weighted by atomic mass is 16.6. The Morgan fingerprint density at radius 2 is 0.481 bits per heavy atom. The molecule has 0 aliphatic heterocycles. The number of allylic oxidation sites excluding steroid dienone is 18. The largest absolute Gasteiger partial charge is 0.462 e. The number of carbonyl (C=O) groups is 3. The molecule has 81 heavy (non-hydrogen) atoms. The van der Waals surface area contributed by atoms with Gasteiger partial charge in [-0.3, -0.25) is 14.4 Å². The molecule has 0 aromatic heterocycles. The fourth-order valence-corrected chi connectivity index (χ4v) is 9.70. The van der Waals surface area contributed by atoms with Crippen molar-refractivity contribution in [1.29, 1.82) is 0 Å². The van der Waals surface area contributed by atoms with Crippen LogP contribution in [0.2, 0.25) is 0 Å². The number of carbonyl (C=O) groups excluding carboxylic acids is 3. The summed E-state index contributed by atoms with van der Waals surface area (Å²) in [7, 11) is 0. The second-order valence-corrected chi connectivity index (χ2v) is 22.7. The lowest BCUT2D eigenvalue weighted by atomic mass is 10.0. The molecule has 6 heteroatoms. The highest BCUT2D eigenvalue weighted by molar-refractivity contribution is 5.71. The monoisotopic (exact) mass is 1120 g/mol. The summed E-state index contributed by atoms with van der Waals surface area (Å²) in [6.45, 7) is 6.42. The van der Waals surface area contributed by atoms with E-state index in [2.05, 4.69) is 130 Å². The zero-order chi connectivity index (χ0) is 58.5. The Morgan fingerprint density at radius 3 is 0.753 bits per heavy atom. The molecule has 0 radical (unpaired) electrons. The average Bonchev–Trinajstić information content (AvgIpc) is 3.47. The topological polar surface area (TPSA) is 78.9 Å². The third kappa shape index (κ3) is 66.8. The van der Waals surface area contributed by atoms with Crippen LogP contribution in [0.15, 0.2) is 109 Å². The standard InChI is InChI=1S/C75H128O6/c1-4-7-10-13-16-19-22-25-28-30-32-34-36-37-39-40-42-44-47-50-53-56-59-62-65-68-74(77)80-71-72(70-79-73(76)67-64-61-58-55-52-49-46-27-24-21-18-15-12-9-6-3)81-75(78)69-66-63-60-57-54-51-48-45-43-41-38-35-33-31-29-26-23-20-17-14-11-8-5-2/h8-9,11-12,17-18,20-21,26-27,29,33,35,41,43,46,48,51,72H,4-7,10,13-16,19,22-25,28,30-32,34,36-40,42,44-45,47,49-50,52-71H2,1-3H3/b11-8-,12-9-,20-17-,21-18-,29-26-,35-33-,43-41-,46-27-,51-48-. The van der Waals surface area contributed by atoms with Crippen LogP contribution in [0.1, 0.15) is 329 Å². The highest BCUT2D eigenvalue weighted by Crippen LogP contribution is 2.17. The van der Waals surface area contributed by atoms with Gasteiger partial charge in [-0.05, 0) is 103 Å². The third-order valence-electron chi connectivity index (χ3n) is 14.8. The Kier molecular flexibility index (Phi) is 65.2. The molecule has 0 saturated carbocycles. The van der Waals surface area contributed by atoms with Crippen LogP contribution in [0.5, 0.6) is 0 Å². The first kappa shape index (κ1) is 77.1. The second kappa shape index (κ2) is 68.6. The van der Waals surface area contributed by atoms with Gasteiger partial charge < -0.3 is 14.2 Å². The lowest BCUT2D eigenvalue weighted by molar-refractivity contribution is -0.167. The van der Waals surface area contributed by atoms with Crippen LogP contribution in [0.25, 0.3) is 0 Å². The summed E-state index contributed by atoms with van der Waals surface area (Å²) >= 11 is 0. The highest BCUT2D eigenvalue weighted by Gasteiger charge is 2.19. The van der Waals surface area contributed by atoms with Gasteiger partial charge in [0.05, 0.1) is 0 Å². The molecule has 1 atom stereocenters. The minimum absolute atomic E-state index is 0.0930. The molecule has 1 unspecified atom stereocenters. The molecule has 0 rings (SSSR count). The fourth-order valence-electron chi connectivity index (χ4n) is 9.70. The molecule has 0 aromatic rings. The molecule has 0 aliphatic carbocycles. The molecule has 0 heterocycles. The van der Waals surface area contributed by atoms with Crippen LogP contribution < -0.4 is 0 Å². The van der Waals surface area contributed by atoms with E-state index in [1.54, 1.807) is 0 Å². The van der Waals surface area contributed by atoms with Gasteiger partial charge in [0.2, 0.25) is 0 Å². The molecule has 0 spiro atoms. The van der Waals surface area contributed by atoms with E-state index in [-0.39, 0.29) is 31.1 Å². The predicted octanol–water partition coefficient (Wildman–Crippen LogP) is 23.8. The molecule has 0 bridgehead atoms. The van der Waals surface area contributed by atoms with Gasteiger partial charge in [-0.1, -0.05) is 316 Å². The average molecular weight is 1130 g/mol. The molecule has 0 aliphatic rings. The molecule has 6 nitrogen and oxygen atoms in total. The van der Waals surface area contributed by atoms with Gasteiger partial charge in [-0.25, -0.2) is 0 Å². The second-order valence-electron chi connectivity index (χ2n) is 22.7. The van der Waals surface area contributed by atoms with E-state index in [9.17, 15) is 14.4 Å². The first-order valence-electron chi connectivity index (χ1n) is 34.4. The van der Waals surface area contributed by atoms with Crippen LogP contribution in [-0.4, -0.2) is 37.2 Å². The zero-order valence-corrected chi connectivity index (χ0v) is 53.3. The fraction of sp³-hybridized carbons (Fsp3) is 0.720. The summed E-state index contributed by atoms with van der Waals surface area (Å²) in [5, 5.41) is 0. The van der Waals surface area contributed by atoms with Crippen molar-refractivity contribution in [1.82, 2.24) is 0 Å². The molecule has 0 saturated heterocycles. The number of hydrogen-bond donors (Lipinski definition) is 0. The lowest BCUT2D eigenvalue weighted by Gasteiger charge is -2.18. The van der Waals surface area contributed by atoms with Crippen molar-refractivity contribution < 1.29 is 28.6 Å². The van der Waals surface area contributed by atoms with Gasteiger partial charge in [0.25, 0.3) is 0 Å². The summed E-state index contributed by atoms with van der Waals surface area (Å²) in [4.78, 5) is 38.4. The zero-order valence-electron chi connectivity index (χ0n) is 53.3. The quantitative estimate of drug-likeness (QED) is 0.0261. The molecule has 0 N–H and O–H groups in total. The maximum Gasteiger partial charge on any atom is 0.306 e. The van der Waals surface area contributed by atoms with E-state index in [0.717, 1.165) is 148 Å². The Hall–Kier alpha value is -3.93. The molecule has 0 aromatic carbocycles. The predicted molar refractivity (Wildman–Crippen MR) is 353 cm³/mol. The summed E-state index contributed by atoms with van der Waals surface area (Å²) in [5.74, 6) is -0.924. The Labute approximate surface area is 501 Å². The number of rotatable bonds is 62. The molecule has 0 amide bonds. The minimum atomic E-state index is -0.802. The van der Waals surface area contributed by atoms with Gasteiger partial charge in [0, 0.05) is 19.3 Å². The molecular weight excluding hydrogens is 997 g/mol. The molecule has 0 fully saturated rings. The van der Waals surface area contributed by atoms with E-state index < -0.39 is 6.10 Å². The van der Waals surface area contributed by atoms with Crippen LogP contribution in [-0.2, 0) is 28.6 Å². The maximum atomic E-state index is 12.9. The molecule has 464 valence electrons. The first-order chi connectivity index (χ1) is 40.0. The van der Waals surface area contributed by atoms with Crippen molar-refractivity contribution in [2.75, 3.05) is 13.2 Å². The van der Waals surface area contributed by atoms with Crippen molar-refractivity contribution in [3.8, 4) is 0 Å². The lowest BCUT2D eigenvalue weighted by Crippen LogP contribution is -2.30. The van der Waals surface area contributed by atoms with E-state index in [1.807, 2.05) is 0 Å². The normalized spacial score (nSPS) is 12.8. The SMILES string of the molecule is CC/C=C\C/C=C\C/C=C\C/C=C\C/C=C\C/C=C\CCCCCCC(=O)OC(COC(=O)CCCCCCC/C=C\C/C=C\C/C=C\CC)COC(=O)CCCCCCCCCCCCCCCCCCCCCCCCCCC. The van der Waals surface area contributed by atoms with Crippen LogP contribution >= 0.6 is 0 Å². The van der Waals surface area contributed by atoms with Crippen molar-refractivity contribution >= 4 is 17.9 Å². The smallest absolute Gasteiger partial charge is 0.306 e. The minimum Gasteiger partial charge on any atom is -0.462 e. The van der Waals surface area contributed by atoms with Crippen LogP contribution in [0, 0.1) is 0 Å². The van der Waals surface area contributed by atoms with E-state index in [1.165, 1.54) is 141 Å². The van der Waals surface area contributed by atoms with Crippen molar-refractivity contribution in [3.05, 3.63) is 109 Å². The summed E-state index contributed by atoms with van der Waals surface area (Å²) in [5.41, 5.74) is 0. The number of hydrogen-bond acceptors (Lipinski definition) is 6. The van der Waals surface area contributed by atoms with Gasteiger partial charge in [-0.2, -0.15) is 0 Å². The first-order valence-corrected chi connectivity index (χ1v) is 34.4. The Morgan fingerprint density at radius 1 is 0.259 bits per heavy atom. The van der Waals surface area contributed by atoms with Gasteiger partial charge in [-0.15, -0.1) is 0 Å². The summed E-state index contributed by atoms with van der Waals surface area (Å²) in [6, 6.07) is 0. The van der Waals surface area contributed by atoms with Crippen molar-refractivity contribution in [2.24, 2.45) is 0 Å². The van der Waals surface area contributed by atoms with Crippen molar-refractivity contribution in [3.63, 3.8) is 0 Å². The van der Waals surface area contributed by atoms with Gasteiger partial charge >= 0.3 is 17.9 Å². The summed E-state index contributed by atoms with van der Waals surface area (Å²) in [6.07, 6.45) is 94.0. The summed E-state index contributed by atoms with van der Waals surface area (Å²) < 4.78 is 16.9. The van der Waals surface area contributed by atoms with Crippen molar-refractivity contribution in [2.45, 2.75) is 335 Å². The number of unbranched alkanes of at least 4 members (excludes halogenated alkanes) is 33. The van der Waals surface area contributed by atoms with Gasteiger partial charge in [0.15, 0.2) is 6.10 Å². The van der Waals surface area contributed by atoms with E-state index in [0.29, 0.717) is 19.3 Å². The molecular formula is C75H128O6. The van der Waals surface area contributed by atoms with Crippen LogP contribution in [0.4, 0.5) is 0 Å². The van der Waals surface area contributed by atoms with Gasteiger partial charge in [0.1, 0.15) is 13.2 Å².